The number of carbonyl (C=O) groups is 2. The van der Waals surface area contributed by atoms with Crippen LogP contribution < -0.4 is 5.11 Å². The first kappa shape index (κ1) is 20.4. The van der Waals surface area contributed by atoms with Crippen LogP contribution in [0.4, 0.5) is 0 Å². The number of carboxylic acid groups (broad SMARTS) is 1. The monoisotopic (exact) mass is 389 g/mol. The lowest BCUT2D eigenvalue weighted by molar-refractivity contribution is -0.306. The van der Waals surface area contributed by atoms with Gasteiger partial charge in [-0.2, -0.15) is 0 Å². The smallest absolute Gasteiger partial charge is 0.139 e. The van der Waals surface area contributed by atoms with Crippen LogP contribution >= 0.6 is 0 Å². The minimum atomic E-state index is -0.979. The average molecular weight is 390 g/mol. The van der Waals surface area contributed by atoms with Gasteiger partial charge in [-0.1, -0.05) is 20.8 Å². The molecule has 4 fully saturated rings. The van der Waals surface area contributed by atoms with Crippen molar-refractivity contribution in [2.45, 2.75) is 91.1 Å². The molecule has 4 saturated carbocycles. The lowest BCUT2D eigenvalue weighted by Crippen LogP contribution is -2.57. The van der Waals surface area contributed by atoms with Gasteiger partial charge in [-0.15, -0.1) is 0 Å². The summed E-state index contributed by atoms with van der Waals surface area (Å²) in [5.74, 6) is 2.14. The summed E-state index contributed by atoms with van der Waals surface area (Å²) >= 11 is 0. The van der Waals surface area contributed by atoms with Crippen LogP contribution in [0.3, 0.4) is 0 Å². The highest BCUT2D eigenvalue weighted by atomic mass is 16.4. The Morgan fingerprint density at radius 3 is 2.64 bits per heavy atom. The third-order valence-electron chi connectivity index (χ3n) is 10.1. The number of aliphatic hydroxyl groups excluding tert-OH is 1. The minimum absolute atomic E-state index is 0.0980. The maximum atomic E-state index is 13.6. The fourth-order valence-corrected chi connectivity index (χ4v) is 8.43. The van der Waals surface area contributed by atoms with E-state index < -0.39 is 5.97 Å². The van der Waals surface area contributed by atoms with Crippen molar-refractivity contribution >= 4 is 11.8 Å². The number of ketones is 1. The Morgan fingerprint density at radius 1 is 1.18 bits per heavy atom. The number of hydrogen-bond acceptors (Lipinski definition) is 4. The number of hydrogen-bond donors (Lipinski definition) is 1. The molecule has 0 radical (unpaired) electrons. The molecule has 1 N–H and O–H groups in total. The second-order valence-electron chi connectivity index (χ2n) is 11.1. The lowest BCUT2D eigenvalue weighted by Gasteiger charge is -2.60. The summed E-state index contributed by atoms with van der Waals surface area (Å²) in [5.41, 5.74) is -0.0677. The number of rotatable bonds is 4. The molecular weight excluding hydrogens is 352 g/mol. The molecule has 4 aliphatic rings. The number of aliphatic carboxylic acids is 1. The van der Waals surface area contributed by atoms with E-state index in [9.17, 15) is 19.8 Å². The van der Waals surface area contributed by atoms with Crippen molar-refractivity contribution in [3.8, 4) is 0 Å². The molecule has 28 heavy (non-hydrogen) atoms. The van der Waals surface area contributed by atoms with E-state index in [-0.39, 0.29) is 29.3 Å². The van der Waals surface area contributed by atoms with E-state index in [1.165, 1.54) is 12.8 Å². The SMILES string of the molecule is C[C@@H](CCC(=O)[O-])[C@H]1CC[C@H]2[C@H]3CC[C@H]4C[C@@H](O)CC[C@]4(C)[C@@H]3CC(=O)[C@]12C. The largest absolute Gasteiger partial charge is 0.550 e. The lowest BCUT2D eigenvalue weighted by atomic mass is 9.44. The summed E-state index contributed by atoms with van der Waals surface area (Å²) in [6, 6.07) is 0. The van der Waals surface area contributed by atoms with Crippen molar-refractivity contribution in [1.82, 2.24) is 0 Å². The number of carboxylic acids is 1. The quantitative estimate of drug-likeness (QED) is 0.800. The highest BCUT2D eigenvalue weighted by Gasteiger charge is 2.63. The van der Waals surface area contributed by atoms with Crippen molar-refractivity contribution in [2.75, 3.05) is 0 Å². The Labute approximate surface area is 169 Å². The zero-order valence-corrected chi connectivity index (χ0v) is 17.8. The van der Waals surface area contributed by atoms with E-state index >= 15 is 0 Å². The second-order valence-corrected chi connectivity index (χ2v) is 11.1. The normalized spacial score (nSPS) is 49.1. The molecule has 0 bridgehead atoms. The molecule has 0 aromatic carbocycles. The van der Waals surface area contributed by atoms with Crippen LogP contribution in [0.1, 0.15) is 85.0 Å². The maximum Gasteiger partial charge on any atom is 0.139 e. The van der Waals surface area contributed by atoms with Crippen molar-refractivity contribution in [3.63, 3.8) is 0 Å². The third kappa shape index (κ3) is 2.97. The summed E-state index contributed by atoms with van der Waals surface area (Å²) in [4.78, 5) is 24.5. The Balaban J connectivity index is 1.57. The van der Waals surface area contributed by atoms with Crippen molar-refractivity contribution < 1.29 is 19.8 Å². The fourth-order valence-electron chi connectivity index (χ4n) is 8.43. The molecule has 4 nitrogen and oxygen atoms in total. The van der Waals surface area contributed by atoms with Gasteiger partial charge in [-0.05, 0) is 98.7 Å². The van der Waals surface area contributed by atoms with E-state index in [0.717, 1.165) is 32.1 Å². The first-order chi connectivity index (χ1) is 13.2. The molecule has 0 unspecified atom stereocenters. The predicted octanol–water partition coefficient (Wildman–Crippen LogP) is 3.35. The van der Waals surface area contributed by atoms with Gasteiger partial charge >= 0.3 is 0 Å². The van der Waals surface area contributed by atoms with Crippen LogP contribution in [0.2, 0.25) is 0 Å². The van der Waals surface area contributed by atoms with Crippen LogP contribution in [0.5, 0.6) is 0 Å². The molecule has 0 spiro atoms. The molecular formula is C24H37O4-. The molecule has 0 saturated heterocycles. The number of Topliss-reactive ketones (excluding diaryl/α,β-unsaturated/α-hetero) is 1. The van der Waals surface area contributed by atoms with E-state index in [4.69, 9.17) is 0 Å². The standard InChI is InChI=1S/C24H38O4/c1-14(4-9-22(27)28)18-7-8-19-17-6-5-15-12-16(25)10-11-23(15,2)20(17)13-21(26)24(18,19)3/h14-20,25H,4-13H2,1-3H3,(H,27,28)/p-1/t14-,15-,16-,17+,18+,19-,20+,23-,24+/m0/s1. The second kappa shape index (κ2) is 7.11. The van der Waals surface area contributed by atoms with Gasteiger partial charge < -0.3 is 15.0 Å². The Bertz CT molecular complexity index is 645. The third-order valence-corrected chi connectivity index (χ3v) is 10.1. The Kier molecular flexibility index (Phi) is 5.17. The van der Waals surface area contributed by atoms with E-state index in [1.807, 2.05) is 0 Å². The number of fused-ring (bicyclic) bond motifs is 5. The van der Waals surface area contributed by atoms with E-state index in [2.05, 4.69) is 20.8 Å². The Hall–Kier alpha value is -0.900. The number of aliphatic hydroxyl groups is 1. The molecule has 4 aliphatic carbocycles. The fraction of sp³-hybridized carbons (Fsp3) is 0.917. The van der Waals surface area contributed by atoms with Gasteiger partial charge in [-0.3, -0.25) is 4.79 Å². The molecule has 0 aliphatic heterocycles. The van der Waals surface area contributed by atoms with Gasteiger partial charge in [0.15, 0.2) is 0 Å². The molecule has 0 amide bonds. The van der Waals surface area contributed by atoms with Gasteiger partial charge in [0.25, 0.3) is 0 Å². The van der Waals surface area contributed by atoms with E-state index in [0.29, 0.717) is 48.2 Å². The van der Waals surface area contributed by atoms with Gasteiger partial charge in [0.1, 0.15) is 5.78 Å². The van der Waals surface area contributed by atoms with Gasteiger partial charge in [0.2, 0.25) is 0 Å². The maximum absolute atomic E-state index is 13.6. The van der Waals surface area contributed by atoms with Crippen LogP contribution in [0.25, 0.3) is 0 Å². The highest BCUT2D eigenvalue weighted by molar-refractivity contribution is 5.87. The zero-order valence-electron chi connectivity index (χ0n) is 17.8. The van der Waals surface area contributed by atoms with Gasteiger partial charge in [-0.25, -0.2) is 0 Å². The molecule has 0 aromatic rings. The molecule has 158 valence electrons. The zero-order chi connectivity index (χ0) is 20.3. The van der Waals surface area contributed by atoms with Crippen LogP contribution in [0, 0.1) is 46.3 Å². The summed E-state index contributed by atoms with van der Waals surface area (Å²) in [6.07, 6.45) is 8.69. The summed E-state index contributed by atoms with van der Waals surface area (Å²) in [5, 5.41) is 21.1. The predicted molar refractivity (Wildman–Crippen MR) is 105 cm³/mol. The van der Waals surface area contributed by atoms with Crippen LogP contribution in [0.15, 0.2) is 0 Å². The van der Waals surface area contributed by atoms with Gasteiger partial charge in [0, 0.05) is 17.8 Å². The first-order valence-electron chi connectivity index (χ1n) is 11.6. The summed E-state index contributed by atoms with van der Waals surface area (Å²) < 4.78 is 0. The molecule has 4 heteroatoms. The van der Waals surface area contributed by atoms with Crippen molar-refractivity contribution in [3.05, 3.63) is 0 Å². The molecule has 9 atom stereocenters. The molecule has 4 rings (SSSR count). The average Bonchev–Trinajstić information content (AvgIpc) is 3.00. The first-order valence-corrected chi connectivity index (χ1v) is 11.6. The highest BCUT2D eigenvalue weighted by Crippen LogP contribution is 2.67. The topological polar surface area (TPSA) is 77.4 Å². The molecule has 0 aromatic heterocycles. The van der Waals surface area contributed by atoms with Crippen LogP contribution in [-0.4, -0.2) is 23.0 Å². The molecule has 0 heterocycles. The summed E-state index contributed by atoms with van der Waals surface area (Å²) in [6.45, 7) is 6.76. The van der Waals surface area contributed by atoms with Gasteiger partial charge in [0.05, 0.1) is 6.10 Å². The minimum Gasteiger partial charge on any atom is -0.550 e. The van der Waals surface area contributed by atoms with Crippen molar-refractivity contribution in [1.29, 1.82) is 0 Å². The van der Waals surface area contributed by atoms with Crippen molar-refractivity contribution in [2.24, 2.45) is 46.3 Å². The summed E-state index contributed by atoms with van der Waals surface area (Å²) in [7, 11) is 0. The number of carbonyl (C=O) groups excluding carboxylic acids is 2. The van der Waals surface area contributed by atoms with E-state index in [1.54, 1.807) is 0 Å². The Morgan fingerprint density at radius 2 is 1.93 bits per heavy atom. The van der Waals surface area contributed by atoms with Crippen LogP contribution in [-0.2, 0) is 9.59 Å².